The normalized spacial score (nSPS) is 29.1. The van der Waals surface area contributed by atoms with Gasteiger partial charge in [-0.05, 0) is 24.7 Å². The molecule has 0 aromatic rings. The van der Waals surface area contributed by atoms with Crippen LogP contribution in [0, 0.1) is 23.0 Å². The Balaban J connectivity index is 2.28. The quantitative estimate of drug-likeness (QED) is 0.308. The number of hydrogen-bond donors (Lipinski definition) is 0. The van der Waals surface area contributed by atoms with E-state index in [9.17, 15) is 10.0 Å². The van der Waals surface area contributed by atoms with E-state index in [-0.39, 0.29) is 17.2 Å². The highest BCUT2D eigenvalue weighted by atomic mass is 16.5. The highest BCUT2D eigenvalue weighted by Gasteiger charge is 2.23. The van der Waals surface area contributed by atoms with Crippen LogP contribution >= 0.6 is 0 Å². The number of piperidine rings is 1. The fourth-order valence-electron chi connectivity index (χ4n) is 1.71. The Morgan fingerprint density at radius 1 is 1.44 bits per heavy atom. The van der Waals surface area contributed by atoms with Crippen molar-refractivity contribution in [3.63, 3.8) is 0 Å². The van der Waals surface area contributed by atoms with Gasteiger partial charge >= 0.3 is 5.97 Å². The van der Waals surface area contributed by atoms with Gasteiger partial charge in [-0.3, -0.25) is 4.79 Å². The van der Waals surface area contributed by atoms with Crippen molar-refractivity contribution in [2.45, 2.75) is 26.7 Å². The molecule has 0 saturated carbocycles. The first-order valence-electron chi connectivity index (χ1n) is 5.68. The molecule has 16 heavy (non-hydrogen) atoms. The number of carbonyl (C=O) groups excluding carboxylic acids is 1. The van der Waals surface area contributed by atoms with E-state index in [1.807, 2.05) is 0 Å². The third-order valence-corrected chi connectivity index (χ3v) is 2.90. The molecule has 0 bridgehead atoms. The summed E-state index contributed by atoms with van der Waals surface area (Å²) in [5.41, 5.74) is 0. The zero-order valence-corrected chi connectivity index (χ0v) is 9.99. The third kappa shape index (κ3) is 4.65. The lowest BCUT2D eigenvalue weighted by atomic mass is 9.99. The topological polar surface area (TPSA) is 49.4 Å². The number of rotatable bonds is 2. The molecule has 0 aliphatic carbocycles. The minimum Gasteiger partial charge on any atom is -0.632 e. The summed E-state index contributed by atoms with van der Waals surface area (Å²) in [4.78, 5) is 10.5. The average molecular weight is 225 g/mol. The first kappa shape index (κ1) is 13.0. The van der Waals surface area contributed by atoms with Crippen LogP contribution in [0.2, 0.25) is 0 Å². The number of ether oxygens (including phenoxy) is 1. The summed E-state index contributed by atoms with van der Waals surface area (Å²) in [5, 5.41) is 12.1. The van der Waals surface area contributed by atoms with Gasteiger partial charge in [-0.15, -0.1) is 0 Å². The monoisotopic (exact) mass is 225 g/mol. The maximum atomic E-state index is 12.1. The van der Waals surface area contributed by atoms with Crippen molar-refractivity contribution in [1.82, 2.24) is 0 Å². The van der Waals surface area contributed by atoms with Gasteiger partial charge < -0.3 is 14.6 Å². The molecule has 1 fully saturated rings. The van der Waals surface area contributed by atoms with Gasteiger partial charge in [0.15, 0.2) is 6.61 Å². The molecule has 4 nitrogen and oxygen atoms in total. The zero-order valence-electron chi connectivity index (χ0n) is 9.99. The van der Waals surface area contributed by atoms with Gasteiger partial charge in [0.2, 0.25) is 0 Å². The predicted molar refractivity (Wildman–Crippen MR) is 61.0 cm³/mol. The number of carbonyl (C=O) groups is 1. The van der Waals surface area contributed by atoms with Gasteiger partial charge in [-0.2, -0.15) is 0 Å². The molecule has 1 rings (SSSR count). The summed E-state index contributed by atoms with van der Waals surface area (Å²) in [5.74, 6) is 5.81. The van der Waals surface area contributed by atoms with Crippen molar-refractivity contribution in [1.29, 1.82) is 0 Å². The molecule has 0 spiro atoms. The van der Waals surface area contributed by atoms with E-state index in [2.05, 4.69) is 23.5 Å². The number of hydroxylamine groups is 3. The summed E-state index contributed by atoms with van der Waals surface area (Å²) in [6.45, 7) is 5.23. The number of hydrogen-bond acceptors (Lipinski definition) is 3. The number of likely N-dealkylation sites (tertiary alicyclic amines) is 1. The molecular formula is C12H19NO3. The lowest BCUT2D eigenvalue weighted by molar-refractivity contribution is -0.879. The van der Waals surface area contributed by atoms with E-state index in [1.165, 1.54) is 6.92 Å². The molecule has 1 aliphatic heterocycles. The molecule has 1 saturated heterocycles. The van der Waals surface area contributed by atoms with Crippen molar-refractivity contribution >= 4 is 5.97 Å². The molecule has 0 atom stereocenters. The largest absolute Gasteiger partial charge is 0.632 e. The first-order chi connectivity index (χ1) is 7.52. The summed E-state index contributed by atoms with van der Waals surface area (Å²) in [7, 11) is 0. The minimum absolute atomic E-state index is 0.0890. The van der Waals surface area contributed by atoms with Gasteiger partial charge in [0.25, 0.3) is 0 Å². The van der Waals surface area contributed by atoms with Crippen LogP contribution in [0.25, 0.3) is 0 Å². The Bertz CT molecular complexity index is 295. The van der Waals surface area contributed by atoms with Gasteiger partial charge in [0.1, 0.15) is 6.54 Å². The van der Waals surface area contributed by atoms with E-state index in [0.29, 0.717) is 25.6 Å². The van der Waals surface area contributed by atoms with E-state index in [0.717, 1.165) is 12.8 Å². The van der Waals surface area contributed by atoms with E-state index >= 15 is 0 Å². The average Bonchev–Trinajstić information content (AvgIpc) is 2.22. The van der Waals surface area contributed by atoms with Crippen LogP contribution in [-0.4, -0.2) is 36.9 Å². The lowest BCUT2D eigenvalue weighted by Crippen LogP contribution is -2.48. The van der Waals surface area contributed by atoms with E-state index < -0.39 is 0 Å². The van der Waals surface area contributed by atoms with Crippen molar-refractivity contribution in [3.8, 4) is 11.8 Å². The Kier molecular flexibility index (Phi) is 4.78. The molecule has 0 aromatic heterocycles. The summed E-state index contributed by atoms with van der Waals surface area (Å²) < 4.78 is 4.45. The third-order valence-electron chi connectivity index (χ3n) is 2.90. The van der Waals surface area contributed by atoms with Crippen molar-refractivity contribution < 1.29 is 14.2 Å². The van der Waals surface area contributed by atoms with Crippen LogP contribution in [-0.2, 0) is 9.53 Å². The zero-order chi connectivity index (χ0) is 12.0. The summed E-state index contributed by atoms with van der Waals surface area (Å²) in [6.07, 6.45) is 1.96. The van der Waals surface area contributed by atoms with Crippen LogP contribution in [0.3, 0.4) is 0 Å². The predicted octanol–water partition coefficient (Wildman–Crippen LogP) is 1.30. The van der Waals surface area contributed by atoms with Crippen molar-refractivity contribution in [3.05, 3.63) is 5.21 Å². The molecule has 0 radical (unpaired) electrons. The molecule has 1 heterocycles. The molecule has 4 heteroatoms. The van der Waals surface area contributed by atoms with Gasteiger partial charge in [0, 0.05) is 6.92 Å². The van der Waals surface area contributed by atoms with E-state index in [4.69, 9.17) is 0 Å². The van der Waals surface area contributed by atoms with Gasteiger partial charge in [-0.1, -0.05) is 12.8 Å². The smallest absolute Gasteiger partial charge is 0.303 e. The maximum Gasteiger partial charge on any atom is 0.303 e. The molecule has 90 valence electrons. The molecule has 0 unspecified atom stereocenters. The van der Waals surface area contributed by atoms with Crippen LogP contribution in [0.4, 0.5) is 0 Å². The summed E-state index contributed by atoms with van der Waals surface area (Å²) >= 11 is 0. The van der Waals surface area contributed by atoms with Crippen LogP contribution in [0.15, 0.2) is 0 Å². The number of quaternary nitrogens is 1. The number of esters is 1. The molecule has 0 amide bonds. The Labute approximate surface area is 96.7 Å². The first-order valence-corrected chi connectivity index (χ1v) is 5.68. The van der Waals surface area contributed by atoms with Gasteiger partial charge in [-0.25, -0.2) is 0 Å². The molecule has 1 aliphatic rings. The van der Waals surface area contributed by atoms with Crippen molar-refractivity contribution in [2.75, 3.05) is 26.2 Å². The Morgan fingerprint density at radius 3 is 2.62 bits per heavy atom. The standard InChI is InChI=1S/C12H19NO3/c1-11-5-8-13(15,9-6-11)7-3-4-10-16-12(2)14/h11H,5-10H2,1-2H3. The van der Waals surface area contributed by atoms with Crippen LogP contribution in [0.1, 0.15) is 26.7 Å². The Hall–Kier alpha value is -1.05. The minimum atomic E-state index is -0.341. The van der Waals surface area contributed by atoms with Crippen LogP contribution in [0.5, 0.6) is 0 Å². The maximum absolute atomic E-state index is 12.1. The number of nitrogens with zero attached hydrogens (tertiary/aromatic N) is 1. The summed E-state index contributed by atoms with van der Waals surface area (Å²) in [6, 6.07) is 0. The second-order valence-electron chi connectivity index (χ2n) is 4.48. The second-order valence-corrected chi connectivity index (χ2v) is 4.48. The fraction of sp³-hybridized carbons (Fsp3) is 0.750. The van der Waals surface area contributed by atoms with Crippen molar-refractivity contribution in [2.24, 2.45) is 5.92 Å². The molecule has 0 aromatic carbocycles. The van der Waals surface area contributed by atoms with E-state index in [1.54, 1.807) is 0 Å². The molecular weight excluding hydrogens is 206 g/mol. The fourth-order valence-corrected chi connectivity index (χ4v) is 1.71. The SMILES string of the molecule is CC(=O)OCC#CC[N+]1([O-])CCC(C)CC1. The Morgan fingerprint density at radius 2 is 2.06 bits per heavy atom. The lowest BCUT2D eigenvalue weighted by Gasteiger charge is -2.45. The second kappa shape index (κ2) is 5.88. The highest BCUT2D eigenvalue weighted by Crippen LogP contribution is 2.21. The van der Waals surface area contributed by atoms with Gasteiger partial charge in [0.05, 0.1) is 13.1 Å². The van der Waals surface area contributed by atoms with Crippen LogP contribution < -0.4 is 0 Å². The highest BCUT2D eigenvalue weighted by molar-refractivity contribution is 5.66. The molecule has 0 N–H and O–H groups in total.